The Kier molecular flexibility index (Phi) is 5.31. The van der Waals surface area contributed by atoms with Gasteiger partial charge in [-0.05, 0) is 50.6 Å². The molecule has 1 fully saturated rings. The van der Waals surface area contributed by atoms with Gasteiger partial charge in [-0.3, -0.25) is 0 Å². The van der Waals surface area contributed by atoms with Crippen molar-refractivity contribution in [2.75, 3.05) is 19.6 Å². The van der Waals surface area contributed by atoms with E-state index >= 15 is 0 Å². The Labute approximate surface area is 118 Å². The lowest BCUT2D eigenvalue weighted by molar-refractivity contribution is 0.209. The van der Waals surface area contributed by atoms with Crippen LogP contribution in [0.1, 0.15) is 31.7 Å². The maximum Gasteiger partial charge on any atom is 0.187 e. The molecule has 2 N–H and O–H groups in total. The molecule has 112 valence electrons. The first-order valence-corrected chi connectivity index (χ1v) is 7.19. The minimum Gasteiger partial charge on any atom is -0.503 e. The number of phenolic OH excluding ortho intramolecular Hbond substituents is 1. The number of piperidine rings is 1. The van der Waals surface area contributed by atoms with Crippen LogP contribution in [0.5, 0.6) is 5.75 Å². The molecule has 1 saturated heterocycles. The van der Waals surface area contributed by atoms with Crippen LogP contribution in [0.2, 0.25) is 0 Å². The normalized spacial score (nSPS) is 18.1. The second-order valence-corrected chi connectivity index (χ2v) is 5.55. The third-order valence-corrected chi connectivity index (χ3v) is 3.71. The number of nitrogens with zero attached hydrogens (tertiary/aromatic N) is 1. The second kappa shape index (κ2) is 6.99. The van der Waals surface area contributed by atoms with Crippen molar-refractivity contribution in [2.24, 2.45) is 0 Å². The maximum absolute atomic E-state index is 13.2. The van der Waals surface area contributed by atoms with Gasteiger partial charge in [0.15, 0.2) is 17.4 Å². The summed E-state index contributed by atoms with van der Waals surface area (Å²) in [5.74, 6) is -2.73. The molecule has 3 nitrogen and oxygen atoms in total. The van der Waals surface area contributed by atoms with Gasteiger partial charge in [0.2, 0.25) is 0 Å². The van der Waals surface area contributed by atoms with Crippen LogP contribution in [-0.4, -0.2) is 35.7 Å². The molecule has 1 atom stereocenters. The van der Waals surface area contributed by atoms with Crippen molar-refractivity contribution in [3.8, 4) is 5.75 Å². The first-order chi connectivity index (χ1) is 9.56. The standard InChI is InChI=1S/C15H22F2N2O/c1-11(10-19-5-3-2-4-6-19)18-9-12-7-13(16)15(20)14(17)8-12/h7-8,11,18,20H,2-6,9-10H2,1H3. The van der Waals surface area contributed by atoms with Crippen LogP contribution in [0.4, 0.5) is 8.78 Å². The van der Waals surface area contributed by atoms with E-state index in [0.717, 1.165) is 19.6 Å². The van der Waals surface area contributed by atoms with Crippen LogP contribution in [-0.2, 0) is 6.54 Å². The van der Waals surface area contributed by atoms with Crippen molar-refractivity contribution >= 4 is 0 Å². The highest BCUT2D eigenvalue weighted by atomic mass is 19.1. The van der Waals surface area contributed by atoms with Gasteiger partial charge in [-0.25, -0.2) is 8.78 Å². The zero-order valence-electron chi connectivity index (χ0n) is 11.8. The number of phenols is 1. The SMILES string of the molecule is CC(CN1CCCCC1)NCc1cc(F)c(O)c(F)c1. The molecule has 0 aliphatic carbocycles. The topological polar surface area (TPSA) is 35.5 Å². The average molecular weight is 284 g/mol. The molecule has 1 unspecified atom stereocenters. The number of nitrogens with one attached hydrogen (secondary N) is 1. The van der Waals surface area contributed by atoms with Crippen LogP contribution in [0.15, 0.2) is 12.1 Å². The minimum atomic E-state index is -0.912. The molecule has 0 bridgehead atoms. The summed E-state index contributed by atoms with van der Waals surface area (Å²) in [7, 11) is 0. The third kappa shape index (κ3) is 4.15. The van der Waals surface area contributed by atoms with E-state index in [1.54, 1.807) is 0 Å². The molecular formula is C15H22F2N2O. The summed E-state index contributed by atoms with van der Waals surface area (Å²) in [4.78, 5) is 2.42. The Hall–Kier alpha value is -1.20. The monoisotopic (exact) mass is 284 g/mol. The summed E-state index contributed by atoms with van der Waals surface area (Å²) < 4.78 is 26.4. The maximum atomic E-state index is 13.2. The van der Waals surface area contributed by atoms with Crippen molar-refractivity contribution in [1.29, 1.82) is 0 Å². The van der Waals surface area contributed by atoms with Gasteiger partial charge in [-0.15, -0.1) is 0 Å². The first kappa shape index (κ1) is 15.2. The van der Waals surface area contributed by atoms with Crippen LogP contribution >= 0.6 is 0 Å². The number of benzene rings is 1. The smallest absolute Gasteiger partial charge is 0.187 e. The lowest BCUT2D eigenvalue weighted by Crippen LogP contribution is -2.41. The molecule has 1 aromatic rings. The lowest BCUT2D eigenvalue weighted by Gasteiger charge is -2.29. The molecular weight excluding hydrogens is 262 g/mol. The fourth-order valence-corrected chi connectivity index (χ4v) is 2.61. The van der Waals surface area contributed by atoms with E-state index in [1.165, 1.54) is 31.4 Å². The largest absolute Gasteiger partial charge is 0.503 e. The third-order valence-electron chi connectivity index (χ3n) is 3.71. The molecule has 1 heterocycles. The molecule has 0 saturated carbocycles. The summed E-state index contributed by atoms with van der Waals surface area (Å²) in [6, 6.07) is 2.59. The van der Waals surface area contributed by atoms with Gasteiger partial charge < -0.3 is 15.3 Å². The average Bonchev–Trinajstić information content (AvgIpc) is 2.43. The highest BCUT2D eigenvalue weighted by Crippen LogP contribution is 2.21. The lowest BCUT2D eigenvalue weighted by atomic mass is 10.1. The van der Waals surface area contributed by atoms with Gasteiger partial charge in [0.05, 0.1) is 0 Å². The van der Waals surface area contributed by atoms with E-state index in [1.807, 2.05) is 0 Å². The number of aromatic hydroxyl groups is 1. The summed E-state index contributed by atoms with van der Waals surface area (Å²) in [5, 5.41) is 12.3. The summed E-state index contributed by atoms with van der Waals surface area (Å²) >= 11 is 0. The van der Waals surface area contributed by atoms with Crippen LogP contribution in [0.3, 0.4) is 0 Å². The van der Waals surface area contributed by atoms with Crippen LogP contribution in [0.25, 0.3) is 0 Å². The quantitative estimate of drug-likeness (QED) is 0.872. The molecule has 1 aromatic carbocycles. The number of halogens is 2. The van der Waals surface area contributed by atoms with E-state index in [9.17, 15) is 8.78 Å². The van der Waals surface area contributed by atoms with Gasteiger partial charge >= 0.3 is 0 Å². The molecule has 0 aromatic heterocycles. The highest BCUT2D eigenvalue weighted by molar-refractivity contribution is 5.29. The van der Waals surface area contributed by atoms with E-state index in [-0.39, 0.29) is 6.04 Å². The van der Waals surface area contributed by atoms with E-state index < -0.39 is 17.4 Å². The minimum absolute atomic E-state index is 0.257. The molecule has 20 heavy (non-hydrogen) atoms. The molecule has 0 spiro atoms. The van der Waals surface area contributed by atoms with Crippen molar-refractivity contribution in [1.82, 2.24) is 10.2 Å². The zero-order valence-corrected chi connectivity index (χ0v) is 11.8. The number of likely N-dealkylation sites (tertiary alicyclic amines) is 1. The van der Waals surface area contributed by atoms with Crippen molar-refractivity contribution in [3.63, 3.8) is 0 Å². The van der Waals surface area contributed by atoms with Gasteiger partial charge in [-0.1, -0.05) is 6.42 Å². The van der Waals surface area contributed by atoms with Crippen LogP contribution in [0, 0.1) is 11.6 Å². The molecule has 1 aliphatic rings. The number of hydrogen-bond acceptors (Lipinski definition) is 3. The Balaban J connectivity index is 1.82. The van der Waals surface area contributed by atoms with Crippen molar-refractivity contribution < 1.29 is 13.9 Å². The predicted molar refractivity (Wildman–Crippen MR) is 74.6 cm³/mol. The van der Waals surface area contributed by atoms with E-state index in [4.69, 9.17) is 5.11 Å². The van der Waals surface area contributed by atoms with Crippen molar-refractivity contribution in [3.05, 3.63) is 29.3 Å². The fourth-order valence-electron chi connectivity index (χ4n) is 2.61. The molecule has 5 heteroatoms. The zero-order chi connectivity index (χ0) is 14.5. The number of rotatable bonds is 5. The molecule has 1 aliphatic heterocycles. The first-order valence-electron chi connectivity index (χ1n) is 7.19. The summed E-state index contributed by atoms with van der Waals surface area (Å²) in [6.45, 7) is 5.68. The Bertz CT molecular complexity index is 424. The van der Waals surface area contributed by atoms with Gasteiger partial charge in [0, 0.05) is 19.1 Å². The Morgan fingerprint density at radius 1 is 1.20 bits per heavy atom. The Morgan fingerprint density at radius 3 is 2.40 bits per heavy atom. The van der Waals surface area contributed by atoms with E-state index in [2.05, 4.69) is 17.1 Å². The molecule has 2 rings (SSSR count). The predicted octanol–water partition coefficient (Wildman–Crippen LogP) is 2.63. The van der Waals surface area contributed by atoms with Gasteiger partial charge in [0.1, 0.15) is 0 Å². The van der Waals surface area contributed by atoms with Gasteiger partial charge in [-0.2, -0.15) is 0 Å². The second-order valence-electron chi connectivity index (χ2n) is 5.55. The Morgan fingerprint density at radius 2 is 1.80 bits per heavy atom. The summed E-state index contributed by atoms with van der Waals surface area (Å²) in [5.41, 5.74) is 0.503. The summed E-state index contributed by atoms with van der Waals surface area (Å²) in [6.07, 6.45) is 3.81. The van der Waals surface area contributed by atoms with Crippen molar-refractivity contribution in [2.45, 2.75) is 38.8 Å². The molecule has 0 amide bonds. The highest BCUT2D eigenvalue weighted by Gasteiger charge is 2.14. The van der Waals surface area contributed by atoms with E-state index in [0.29, 0.717) is 12.1 Å². The number of hydrogen-bond donors (Lipinski definition) is 2. The fraction of sp³-hybridized carbons (Fsp3) is 0.600. The molecule has 0 radical (unpaired) electrons. The van der Waals surface area contributed by atoms with Crippen LogP contribution < -0.4 is 5.32 Å². The van der Waals surface area contributed by atoms with Gasteiger partial charge in [0.25, 0.3) is 0 Å².